The van der Waals surface area contributed by atoms with Crippen LogP contribution in [0.1, 0.15) is 59.6 Å². The summed E-state index contributed by atoms with van der Waals surface area (Å²) in [6.07, 6.45) is 4.54. The van der Waals surface area contributed by atoms with Crippen LogP contribution in [-0.2, 0) is 19.4 Å². The summed E-state index contributed by atoms with van der Waals surface area (Å²) in [4.78, 5) is 13.0. The number of nitrogens with one attached hydrogen (secondary N) is 1. The van der Waals surface area contributed by atoms with E-state index in [2.05, 4.69) is 42.8 Å². The number of hydrogen-bond donors (Lipinski definition) is 1. The van der Waals surface area contributed by atoms with Crippen molar-refractivity contribution < 1.29 is 9.53 Å². The molecule has 0 atom stereocenters. The fraction of sp³-hybridized carbons (Fsp3) is 0.500. The number of rotatable bonds is 6. The largest absolute Gasteiger partial charge is 0.497 e. The molecule has 1 amide bonds. The molecule has 4 heteroatoms. The third kappa shape index (κ3) is 3.79. The Hall–Kier alpha value is -2.23. The van der Waals surface area contributed by atoms with Gasteiger partial charge in [0.25, 0.3) is 5.91 Å². The SMILES string of the molecule is COc1cccc(Cn2c3c(c(C)c2C(=O)NCC(C)C)CCCC3)c1. The first-order valence-electron chi connectivity index (χ1n) is 9.63. The van der Waals surface area contributed by atoms with Crippen LogP contribution in [0.3, 0.4) is 0 Å². The summed E-state index contributed by atoms with van der Waals surface area (Å²) < 4.78 is 7.61. The lowest BCUT2D eigenvalue weighted by molar-refractivity contribution is 0.0939. The molecule has 26 heavy (non-hydrogen) atoms. The Bertz CT molecular complexity index is 790. The number of methoxy groups -OCH3 is 1. The third-order valence-corrected chi connectivity index (χ3v) is 5.20. The number of aromatic nitrogens is 1. The lowest BCUT2D eigenvalue weighted by Crippen LogP contribution is -2.30. The van der Waals surface area contributed by atoms with Gasteiger partial charge in [-0.15, -0.1) is 0 Å². The van der Waals surface area contributed by atoms with E-state index in [-0.39, 0.29) is 5.91 Å². The molecule has 4 nitrogen and oxygen atoms in total. The molecule has 0 saturated carbocycles. The summed E-state index contributed by atoms with van der Waals surface area (Å²) in [6, 6.07) is 8.12. The van der Waals surface area contributed by atoms with Gasteiger partial charge in [-0.3, -0.25) is 4.79 Å². The standard InChI is InChI=1S/C22H30N2O2/c1-15(2)13-23-22(25)21-16(3)19-10-5-6-11-20(19)24(21)14-17-8-7-9-18(12-17)26-4/h7-9,12,15H,5-6,10-11,13-14H2,1-4H3,(H,23,25). The molecule has 0 radical (unpaired) electrons. The average Bonchev–Trinajstić information content (AvgIpc) is 2.92. The van der Waals surface area contributed by atoms with E-state index in [0.29, 0.717) is 19.0 Å². The van der Waals surface area contributed by atoms with Crippen molar-refractivity contribution in [3.8, 4) is 5.75 Å². The molecule has 0 aliphatic heterocycles. The monoisotopic (exact) mass is 354 g/mol. The highest BCUT2D eigenvalue weighted by Gasteiger charge is 2.26. The number of benzene rings is 1. The summed E-state index contributed by atoms with van der Waals surface area (Å²) in [5.74, 6) is 1.34. The van der Waals surface area contributed by atoms with Crippen LogP contribution in [0.2, 0.25) is 0 Å². The van der Waals surface area contributed by atoms with E-state index in [1.54, 1.807) is 7.11 Å². The second kappa shape index (κ2) is 7.98. The minimum atomic E-state index is 0.0495. The highest BCUT2D eigenvalue weighted by Crippen LogP contribution is 2.31. The van der Waals surface area contributed by atoms with E-state index < -0.39 is 0 Å². The first-order chi connectivity index (χ1) is 12.5. The van der Waals surface area contributed by atoms with E-state index >= 15 is 0 Å². The van der Waals surface area contributed by atoms with Crippen LogP contribution in [0.4, 0.5) is 0 Å². The van der Waals surface area contributed by atoms with E-state index in [0.717, 1.165) is 35.4 Å². The number of ether oxygens (including phenoxy) is 1. The molecule has 1 aliphatic rings. The molecule has 1 aromatic carbocycles. The zero-order chi connectivity index (χ0) is 18.7. The van der Waals surface area contributed by atoms with Crippen LogP contribution in [-0.4, -0.2) is 24.1 Å². The van der Waals surface area contributed by atoms with Crippen molar-refractivity contribution in [2.45, 2.75) is 53.0 Å². The molecular formula is C22H30N2O2. The quantitative estimate of drug-likeness (QED) is 0.848. The van der Waals surface area contributed by atoms with Gasteiger partial charge in [-0.25, -0.2) is 0 Å². The molecule has 0 fully saturated rings. The molecular weight excluding hydrogens is 324 g/mol. The molecule has 1 aromatic heterocycles. The van der Waals surface area contributed by atoms with Gasteiger partial charge in [0.15, 0.2) is 0 Å². The molecule has 2 aromatic rings. The number of amides is 1. The number of carbonyl (C=O) groups is 1. The predicted octanol–water partition coefficient (Wildman–Crippen LogP) is 4.12. The molecule has 1 heterocycles. The Kier molecular flexibility index (Phi) is 5.70. The van der Waals surface area contributed by atoms with Gasteiger partial charge in [0.2, 0.25) is 0 Å². The summed E-state index contributed by atoms with van der Waals surface area (Å²) in [6.45, 7) is 7.75. The Morgan fingerprint density at radius 3 is 2.77 bits per heavy atom. The van der Waals surface area contributed by atoms with Crippen LogP contribution < -0.4 is 10.1 Å². The summed E-state index contributed by atoms with van der Waals surface area (Å²) >= 11 is 0. The zero-order valence-electron chi connectivity index (χ0n) is 16.4. The third-order valence-electron chi connectivity index (χ3n) is 5.20. The maximum absolute atomic E-state index is 13.0. The maximum Gasteiger partial charge on any atom is 0.268 e. The number of hydrogen-bond acceptors (Lipinski definition) is 2. The molecule has 140 valence electrons. The lowest BCUT2D eigenvalue weighted by Gasteiger charge is -2.18. The Morgan fingerprint density at radius 2 is 2.04 bits per heavy atom. The van der Waals surface area contributed by atoms with Crippen molar-refractivity contribution in [2.75, 3.05) is 13.7 Å². The lowest BCUT2D eigenvalue weighted by atomic mass is 9.95. The first kappa shape index (κ1) is 18.6. The average molecular weight is 354 g/mol. The Morgan fingerprint density at radius 1 is 1.27 bits per heavy atom. The van der Waals surface area contributed by atoms with E-state index in [1.165, 1.54) is 24.1 Å². The molecule has 0 saturated heterocycles. The first-order valence-corrected chi connectivity index (χ1v) is 9.63. The van der Waals surface area contributed by atoms with Gasteiger partial charge in [0.05, 0.1) is 7.11 Å². The van der Waals surface area contributed by atoms with Crippen LogP contribution in [0.25, 0.3) is 0 Å². The van der Waals surface area contributed by atoms with E-state index in [9.17, 15) is 4.79 Å². The number of fused-ring (bicyclic) bond motifs is 1. The Balaban J connectivity index is 1.99. The minimum Gasteiger partial charge on any atom is -0.497 e. The van der Waals surface area contributed by atoms with Gasteiger partial charge in [0.1, 0.15) is 11.4 Å². The van der Waals surface area contributed by atoms with Crippen molar-refractivity contribution in [1.82, 2.24) is 9.88 Å². The zero-order valence-corrected chi connectivity index (χ0v) is 16.4. The maximum atomic E-state index is 13.0. The highest BCUT2D eigenvalue weighted by molar-refractivity contribution is 5.95. The van der Waals surface area contributed by atoms with Crippen LogP contribution in [0, 0.1) is 12.8 Å². The second-order valence-electron chi connectivity index (χ2n) is 7.65. The topological polar surface area (TPSA) is 43.3 Å². The minimum absolute atomic E-state index is 0.0495. The smallest absolute Gasteiger partial charge is 0.268 e. The molecule has 3 rings (SSSR count). The van der Waals surface area contributed by atoms with Crippen LogP contribution in [0.5, 0.6) is 5.75 Å². The second-order valence-corrected chi connectivity index (χ2v) is 7.65. The van der Waals surface area contributed by atoms with Gasteiger partial charge in [-0.2, -0.15) is 0 Å². The summed E-state index contributed by atoms with van der Waals surface area (Å²) in [7, 11) is 1.69. The number of nitrogens with zero attached hydrogens (tertiary/aromatic N) is 1. The predicted molar refractivity (Wildman–Crippen MR) is 105 cm³/mol. The van der Waals surface area contributed by atoms with Gasteiger partial charge >= 0.3 is 0 Å². The molecule has 0 bridgehead atoms. The van der Waals surface area contributed by atoms with Crippen LogP contribution in [0.15, 0.2) is 24.3 Å². The van der Waals surface area contributed by atoms with Gasteiger partial charge < -0.3 is 14.6 Å². The van der Waals surface area contributed by atoms with Crippen molar-refractivity contribution in [1.29, 1.82) is 0 Å². The highest BCUT2D eigenvalue weighted by atomic mass is 16.5. The van der Waals surface area contributed by atoms with Crippen molar-refractivity contribution in [3.63, 3.8) is 0 Å². The fourth-order valence-electron chi connectivity index (χ4n) is 3.87. The summed E-state index contributed by atoms with van der Waals surface area (Å²) in [5.41, 5.74) is 5.87. The Labute approximate surface area is 156 Å². The molecule has 0 unspecified atom stereocenters. The van der Waals surface area contributed by atoms with Gasteiger partial charge in [-0.05, 0) is 67.3 Å². The molecule has 1 N–H and O–H groups in total. The molecule has 1 aliphatic carbocycles. The van der Waals surface area contributed by atoms with E-state index in [1.807, 2.05) is 12.1 Å². The van der Waals surface area contributed by atoms with Gasteiger partial charge in [-0.1, -0.05) is 26.0 Å². The van der Waals surface area contributed by atoms with Crippen molar-refractivity contribution in [3.05, 3.63) is 52.3 Å². The normalized spacial score (nSPS) is 13.6. The van der Waals surface area contributed by atoms with E-state index in [4.69, 9.17) is 4.74 Å². The van der Waals surface area contributed by atoms with Crippen molar-refractivity contribution >= 4 is 5.91 Å². The summed E-state index contributed by atoms with van der Waals surface area (Å²) in [5, 5.41) is 3.11. The molecule has 0 spiro atoms. The van der Waals surface area contributed by atoms with Crippen LogP contribution >= 0.6 is 0 Å². The van der Waals surface area contributed by atoms with Crippen molar-refractivity contribution in [2.24, 2.45) is 5.92 Å². The van der Waals surface area contributed by atoms with Gasteiger partial charge in [0, 0.05) is 18.8 Å². The fourth-order valence-corrected chi connectivity index (χ4v) is 3.87. The number of carbonyl (C=O) groups excluding carboxylic acids is 1.